The van der Waals surface area contributed by atoms with Crippen LogP contribution in [0.25, 0.3) is 10.9 Å². The van der Waals surface area contributed by atoms with Gasteiger partial charge in [0.05, 0.1) is 6.16 Å². The number of rotatable bonds is 8. The number of hydrogen-bond donors (Lipinski definition) is 3. The van der Waals surface area contributed by atoms with Gasteiger partial charge in [-0.1, -0.05) is 48.5 Å². The fourth-order valence-corrected chi connectivity index (χ4v) is 4.80. The quantitative estimate of drug-likeness (QED) is 0.489. The van der Waals surface area contributed by atoms with Gasteiger partial charge in [0, 0.05) is 29.1 Å². The molecule has 0 amide bonds. The van der Waals surface area contributed by atoms with E-state index < -0.39 is 19.2 Å². The predicted octanol–water partition coefficient (Wildman–Crippen LogP) is 4.65. The topological polar surface area (TPSA) is 99.6 Å². The highest BCUT2D eigenvalue weighted by Crippen LogP contribution is 2.53. The summed E-state index contributed by atoms with van der Waals surface area (Å²) in [6.45, 7) is 1.67. The molecule has 0 aliphatic rings. The molecular formula is C20H22NO5P. The van der Waals surface area contributed by atoms with Crippen LogP contribution in [0.4, 0.5) is 0 Å². The van der Waals surface area contributed by atoms with Crippen molar-refractivity contribution in [1.29, 1.82) is 0 Å². The number of carboxylic acids is 1. The molecule has 2 atom stereocenters. The molecule has 3 aromatic rings. The van der Waals surface area contributed by atoms with E-state index in [4.69, 9.17) is 9.63 Å². The van der Waals surface area contributed by atoms with Crippen LogP contribution < -0.4 is 0 Å². The van der Waals surface area contributed by atoms with Gasteiger partial charge in [-0.25, -0.2) is 0 Å². The van der Waals surface area contributed by atoms with Gasteiger partial charge in [0.2, 0.25) is 0 Å². The van der Waals surface area contributed by atoms with Crippen molar-refractivity contribution in [2.24, 2.45) is 0 Å². The number of carbonyl (C=O) groups is 1. The van der Waals surface area contributed by atoms with Crippen LogP contribution in [0.3, 0.4) is 0 Å². The third-order valence-corrected chi connectivity index (χ3v) is 6.00. The summed E-state index contributed by atoms with van der Waals surface area (Å²) in [5.41, 5.74) is 0.981. The summed E-state index contributed by atoms with van der Waals surface area (Å²) >= 11 is 0. The lowest BCUT2D eigenvalue weighted by Crippen LogP contribution is -2.26. The summed E-state index contributed by atoms with van der Waals surface area (Å²) in [4.78, 5) is 24.8. The van der Waals surface area contributed by atoms with Crippen molar-refractivity contribution in [3.63, 3.8) is 0 Å². The van der Waals surface area contributed by atoms with Crippen molar-refractivity contribution in [3.8, 4) is 0 Å². The first kappa shape index (κ1) is 19.4. The molecule has 6 nitrogen and oxygen atoms in total. The number of benzene rings is 2. The molecule has 2 unspecified atom stereocenters. The smallest absolute Gasteiger partial charge is 0.333 e. The Hall–Kier alpha value is -2.40. The molecule has 2 aromatic carbocycles. The lowest BCUT2D eigenvalue weighted by Gasteiger charge is -2.31. The highest BCUT2D eigenvalue weighted by atomic mass is 31.2. The van der Waals surface area contributed by atoms with Crippen molar-refractivity contribution in [2.75, 3.05) is 0 Å². The number of hydrogen-bond acceptors (Lipinski definition) is 3. The van der Waals surface area contributed by atoms with Gasteiger partial charge in [0.1, 0.15) is 5.60 Å². The number of nitrogens with one attached hydrogen (secondary N) is 1. The number of fused-ring (bicyclic) bond motifs is 1. The minimum absolute atomic E-state index is 0.0729. The highest BCUT2D eigenvalue weighted by molar-refractivity contribution is 7.52. The molecule has 0 bridgehead atoms. The van der Waals surface area contributed by atoms with Crippen LogP contribution in [-0.4, -0.2) is 21.0 Å². The Labute approximate surface area is 157 Å². The minimum Gasteiger partial charge on any atom is -0.481 e. The van der Waals surface area contributed by atoms with Crippen LogP contribution in [0.1, 0.15) is 30.9 Å². The SMILES string of the molecule is CC(CCC(=O)O)(OP(=O)(O)Cc1ccccc1)c1c[nH]c2ccccc12. The van der Waals surface area contributed by atoms with E-state index in [2.05, 4.69) is 4.98 Å². The summed E-state index contributed by atoms with van der Waals surface area (Å²) in [7, 11) is -4.02. The second-order valence-electron chi connectivity index (χ2n) is 6.74. The largest absolute Gasteiger partial charge is 0.481 e. The third kappa shape index (κ3) is 4.66. The normalized spacial score (nSPS) is 15.9. The van der Waals surface area contributed by atoms with E-state index in [-0.39, 0.29) is 19.0 Å². The molecule has 0 spiro atoms. The van der Waals surface area contributed by atoms with E-state index >= 15 is 0 Å². The van der Waals surface area contributed by atoms with Gasteiger partial charge < -0.3 is 15.0 Å². The Bertz CT molecular complexity index is 984. The van der Waals surface area contributed by atoms with Crippen molar-refractivity contribution >= 4 is 24.5 Å². The van der Waals surface area contributed by atoms with Crippen molar-refractivity contribution in [2.45, 2.75) is 31.5 Å². The summed E-state index contributed by atoms with van der Waals surface area (Å²) in [5.74, 6) is -0.986. The zero-order chi connectivity index (χ0) is 19.5. The monoisotopic (exact) mass is 387 g/mol. The maximum Gasteiger partial charge on any atom is 0.333 e. The lowest BCUT2D eigenvalue weighted by molar-refractivity contribution is -0.138. The standard InChI is InChI=1S/C20H22NO5P/c1-20(12-11-19(22)23,17-13-21-18-10-6-5-9-16(17)18)26-27(24,25)14-15-7-3-2-4-8-15/h2-10,13,21H,11-12,14H2,1H3,(H,22,23)(H,24,25). The van der Waals surface area contributed by atoms with Crippen LogP contribution in [0, 0.1) is 0 Å². The Morgan fingerprint density at radius 3 is 2.52 bits per heavy atom. The van der Waals surface area contributed by atoms with Crippen LogP contribution >= 0.6 is 7.60 Å². The second-order valence-corrected chi connectivity index (χ2v) is 8.52. The van der Waals surface area contributed by atoms with Gasteiger partial charge in [0.15, 0.2) is 0 Å². The molecule has 0 saturated carbocycles. The Balaban J connectivity index is 1.95. The molecule has 142 valence electrons. The molecule has 0 fully saturated rings. The first-order valence-electron chi connectivity index (χ1n) is 8.64. The van der Waals surface area contributed by atoms with Crippen molar-refractivity contribution in [1.82, 2.24) is 4.98 Å². The van der Waals surface area contributed by atoms with E-state index in [0.29, 0.717) is 11.1 Å². The minimum atomic E-state index is -4.02. The van der Waals surface area contributed by atoms with Crippen LogP contribution in [-0.2, 0) is 25.6 Å². The van der Waals surface area contributed by atoms with E-state index in [1.165, 1.54) is 0 Å². The number of aromatic nitrogens is 1. The highest BCUT2D eigenvalue weighted by Gasteiger charge is 2.38. The van der Waals surface area contributed by atoms with E-state index in [1.807, 2.05) is 30.3 Å². The van der Waals surface area contributed by atoms with Gasteiger partial charge in [-0.05, 0) is 25.0 Å². The zero-order valence-electron chi connectivity index (χ0n) is 15.0. The predicted molar refractivity (Wildman–Crippen MR) is 104 cm³/mol. The third-order valence-electron chi connectivity index (χ3n) is 4.54. The maximum absolute atomic E-state index is 12.9. The molecule has 0 saturated heterocycles. The fourth-order valence-electron chi connectivity index (χ4n) is 3.25. The van der Waals surface area contributed by atoms with Crippen LogP contribution in [0.5, 0.6) is 0 Å². The zero-order valence-corrected chi connectivity index (χ0v) is 15.9. The molecular weight excluding hydrogens is 365 g/mol. The number of aromatic amines is 1. The molecule has 27 heavy (non-hydrogen) atoms. The molecule has 0 aliphatic carbocycles. The maximum atomic E-state index is 12.9. The summed E-state index contributed by atoms with van der Waals surface area (Å²) < 4.78 is 18.6. The Morgan fingerprint density at radius 1 is 1.15 bits per heavy atom. The summed E-state index contributed by atoms with van der Waals surface area (Å²) in [5, 5.41) is 9.96. The van der Waals surface area contributed by atoms with Gasteiger partial charge in [-0.2, -0.15) is 0 Å². The number of carboxylic acid groups (broad SMARTS) is 1. The van der Waals surface area contributed by atoms with Crippen LogP contribution in [0.2, 0.25) is 0 Å². The molecule has 1 aromatic heterocycles. The number of para-hydroxylation sites is 1. The van der Waals surface area contributed by atoms with Crippen molar-refractivity contribution < 1.29 is 23.9 Å². The Kier molecular flexibility index (Phi) is 5.51. The fraction of sp³-hybridized carbons (Fsp3) is 0.250. The van der Waals surface area contributed by atoms with Gasteiger partial charge in [0.25, 0.3) is 0 Å². The Morgan fingerprint density at radius 2 is 1.81 bits per heavy atom. The van der Waals surface area contributed by atoms with Crippen molar-refractivity contribution in [3.05, 3.63) is 71.9 Å². The van der Waals surface area contributed by atoms with Gasteiger partial charge >= 0.3 is 13.6 Å². The average molecular weight is 387 g/mol. The molecule has 3 rings (SSSR count). The van der Waals surface area contributed by atoms with E-state index in [9.17, 15) is 14.3 Å². The summed E-state index contributed by atoms with van der Waals surface area (Å²) in [6.07, 6.45) is 1.47. The lowest BCUT2D eigenvalue weighted by atomic mass is 9.91. The molecule has 1 heterocycles. The van der Waals surface area contributed by atoms with E-state index in [1.54, 1.807) is 37.4 Å². The van der Waals surface area contributed by atoms with Gasteiger partial charge in [-0.15, -0.1) is 0 Å². The molecule has 0 radical (unpaired) electrons. The number of aliphatic carboxylic acids is 1. The van der Waals surface area contributed by atoms with Crippen LogP contribution in [0.15, 0.2) is 60.8 Å². The summed E-state index contributed by atoms with van der Waals surface area (Å²) in [6, 6.07) is 16.4. The number of H-pyrrole nitrogens is 1. The molecule has 3 N–H and O–H groups in total. The first-order valence-corrected chi connectivity index (χ1v) is 10.4. The van der Waals surface area contributed by atoms with Gasteiger partial charge in [-0.3, -0.25) is 13.9 Å². The second kappa shape index (κ2) is 7.69. The molecule has 0 aliphatic heterocycles. The first-order chi connectivity index (χ1) is 12.8. The van der Waals surface area contributed by atoms with E-state index in [0.717, 1.165) is 10.9 Å². The molecule has 7 heteroatoms. The average Bonchev–Trinajstić information content (AvgIpc) is 3.05.